The summed E-state index contributed by atoms with van der Waals surface area (Å²) in [5.74, 6) is -1.53. The van der Waals surface area contributed by atoms with E-state index in [1.165, 1.54) is 46.7 Å². The van der Waals surface area contributed by atoms with Crippen molar-refractivity contribution in [3.05, 3.63) is 98.9 Å². The standard InChI is InChI=1S/C30H24BrN5O5S2/c1-15-7-9-17(10-8-15)14-42-30-34-33-29(43-30)36-24(18-12-19(31)25(37)20(13-18)41-3)22(27(39)28(36)40)26(38)23-16(2)32-21-6-4-5-11-35(21)23/h4-13,24,37-38H,14H2,1-3H3/b26-22+. The summed E-state index contributed by atoms with van der Waals surface area (Å²) in [5.41, 5.74) is 3.86. The lowest BCUT2D eigenvalue weighted by molar-refractivity contribution is -0.132. The number of aliphatic hydroxyl groups excluding tert-OH is 1. The summed E-state index contributed by atoms with van der Waals surface area (Å²) in [5, 5.41) is 31.0. The molecule has 0 saturated carbocycles. The van der Waals surface area contributed by atoms with Crippen molar-refractivity contribution in [1.82, 2.24) is 19.6 Å². The molecule has 5 aromatic rings. The van der Waals surface area contributed by atoms with Gasteiger partial charge in [-0.25, -0.2) is 4.98 Å². The zero-order valence-electron chi connectivity index (χ0n) is 23.1. The molecule has 0 bridgehead atoms. The number of imidazole rings is 1. The highest BCUT2D eigenvalue weighted by Crippen LogP contribution is 2.47. The number of aromatic hydroxyl groups is 1. The number of phenolic OH excluding ortho intramolecular Hbond substituents is 1. The summed E-state index contributed by atoms with van der Waals surface area (Å²) in [7, 11) is 1.40. The van der Waals surface area contributed by atoms with Crippen LogP contribution in [0.3, 0.4) is 0 Å². The number of ketones is 1. The topological polar surface area (TPSA) is 130 Å². The minimum absolute atomic E-state index is 0.118. The molecule has 4 heterocycles. The van der Waals surface area contributed by atoms with E-state index in [-0.39, 0.29) is 38.1 Å². The van der Waals surface area contributed by atoms with E-state index in [9.17, 15) is 19.8 Å². The molecule has 1 fully saturated rings. The minimum Gasteiger partial charge on any atom is -0.505 e. The summed E-state index contributed by atoms with van der Waals surface area (Å²) < 4.78 is 7.91. The number of anilines is 1. The Morgan fingerprint density at radius 2 is 1.88 bits per heavy atom. The molecule has 1 amide bonds. The van der Waals surface area contributed by atoms with Crippen LogP contribution in [0.4, 0.5) is 5.13 Å². The molecule has 43 heavy (non-hydrogen) atoms. The summed E-state index contributed by atoms with van der Waals surface area (Å²) in [4.78, 5) is 33.2. The Labute approximate surface area is 262 Å². The number of rotatable bonds is 7. The number of thioether (sulfide) groups is 1. The van der Waals surface area contributed by atoms with Crippen molar-refractivity contribution in [2.75, 3.05) is 12.0 Å². The van der Waals surface area contributed by atoms with Gasteiger partial charge in [-0.15, -0.1) is 10.2 Å². The van der Waals surface area contributed by atoms with E-state index >= 15 is 0 Å². The molecule has 218 valence electrons. The molecule has 1 aliphatic rings. The van der Waals surface area contributed by atoms with Crippen molar-refractivity contribution in [2.45, 2.75) is 30.0 Å². The molecule has 3 aromatic heterocycles. The zero-order chi connectivity index (χ0) is 30.4. The number of carbonyl (C=O) groups excluding carboxylic acids is 2. The second kappa shape index (κ2) is 11.5. The lowest BCUT2D eigenvalue weighted by atomic mass is 9.96. The molecular formula is C30H24BrN5O5S2. The lowest BCUT2D eigenvalue weighted by Crippen LogP contribution is -2.29. The van der Waals surface area contributed by atoms with Gasteiger partial charge in [-0.05, 0) is 65.2 Å². The number of phenols is 1. The number of hydrogen-bond donors (Lipinski definition) is 2. The molecule has 1 saturated heterocycles. The second-order valence-electron chi connectivity index (χ2n) is 9.82. The van der Waals surface area contributed by atoms with E-state index in [1.807, 2.05) is 37.3 Å². The highest BCUT2D eigenvalue weighted by atomic mass is 79.9. The summed E-state index contributed by atoms with van der Waals surface area (Å²) in [6.45, 7) is 3.74. The third-order valence-corrected chi connectivity index (χ3v) is 9.78. The van der Waals surface area contributed by atoms with Gasteiger partial charge in [0, 0.05) is 11.9 Å². The maximum atomic E-state index is 13.7. The Kier molecular flexibility index (Phi) is 7.71. The third-order valence-electron chi connectivity index (χ3n) is 7.04. The number of aromatic nitrogens is 4. The van der Waals surface area contributed by atoms with Crippen LogP contribution in [0.25, 0.3) is 11.4 Å². The van der Waals surface area contributed by atoms with Crippen LogP contribution in [0.15, 0.2) is 75.2 Å². The first kappa shape index (κ1) is 28.9. The number of pyridine rings is 1. The van der Waals surface area contributed by atoms with Gasteiger partial charge >= 0.3 is 5.91 Å². The van der Waals surface area contributed by atoms with Crippen LogP contribution in [0.2, 0.25) is 0 Å². The third kappa shape index (κ3) is 5.17. The average Bonchev–Trinajstić information content (AvgIpc) is 3.67. The summed E-state index contributed by atoms with van der Waals surface area (Å²) in [6.07, 6.45) is 1.72. The number of methoxy groups -OCH3 is 1. The fourth-order valence-electron chi connectivity index (χ4n) is 4.97. The number of Topliss-reactive ketones (excluding diaryl/α,β-unsaturated/α-hetero) is 1. The van der Waals surface area contributed by atoms with Gasteiger partial charge in [0.05, 0.1) is 28.9 Å². The number of carbonyl (C=O) groups is 2. The Morgan fingerprint density at radius 1 is 1.12 bits per heavy atom. The molecular weight excluding hydrogens is 654 g/mol. The number of aryl methyl sites for hydroxylation is 2. The van der Waals surface area contributed by atoms with Gasteiger partial charge in [-0.3, -0.25) is 18.9 Å². The molecule has 1 unspecified atom stereocenters. The van der Waals surface area contributed by atoms with Gasteiger partial charge in [-0.1, -0.05) is 59.0 Å². The number of nitrogens with zero attached hydrogens (tertiary/aromatic N) is 5. The first-order valence-electron chi connectivity index (χ1n) is 13.0. The average molecular weight is 679 g/mol. The Bertz CT molecular complexity index is 1940. The number of halogens is 1. The van der Waals surface area contributed by atoms with Crippen molar-refractivity contribution in [3.63, 3.8) is 0 Å². The first-order valence-corrected chi connectivity index (χ1v) is 15.6. The van der Waals surface area contributed by atoms with Crippen molar-refractivity contribution in [3.8, 4) is 11.5 Å². The number of benzene rings is 2. The second-order valence-corrected chi connectivity index (χ2v) is 12.9. The zero-order valence-corrected chi connectivity index (χ0v) is 26.3. The fourth-order valence-corrected chi connectivity index (χ4v) is 7.25. The molecule has 2 N–H and O–H groups in total. The van der Waals surface area contributed by atoms with Gasteiger partial charge in [0.15, 0.2) is 21.6 Å². The predicted octanol–water partition coefficient (Wildman–Crippen LogP) is 6.20. The highest BCUT2D eigenvalue weighted by molar-refractivity contribution is 9.10. The van der Waals surface area contributed by atoms with E-state index < -0.39 is 17.7 Å². The normalized spacial score (nSPS) is 16.4. The monoisotopic (exact) mass is 677 g/mol. The van der Waals surface area contributed by atoms with Crippen LogP contribution in [-0.2, 0) is 15.3 Å². The number of hydrogen-bond acceptors (Lipinski definition) is 10. The number of amides is 1. The van der Waals surface area contributed by atoms with Gasteiger partial charge in [-0.2, -0.15) is 0 Å². The Morgan fingerprint density at radius 3 is 2.63 bits per heavy atom. The van der Waals surface area contributed by atoms with Crippen molar-refractivity contribution >= 4 is 67.3 Å². The molecule has 1 atom stereocenters. The molecule has 10 nitrogen and oxygen atoms in total. The quantitative estimate of drug-likeness (QED) is 0.0680. The number of aliphatic hydroxyl groups is 1. The molecule has 0 spiro atoms. The van der Waals surface area contributed by atoms with E-state index in [0.717, 1.165) is 5.56 Å². The fraction of sp³-hybridized carbons (Fsp3) is 0.167. The smallest absolute Gasteiger partial charge is 0.301 e. The molecule has 1 aliphatic heterocycles. The van der Waals surface area contributed by atoms with Crippen molar-refractivity contribution in [1.29, 1.82) is 0 Å². The SMILES string of the molecule is COc1cc(C2/C(=C(\O)c3c(C)nc4ccccn34)C(=O)C(=O)N2c2nnc(SCc3ccc(C)cc3)s2)cc(Br)c1O. The van der Waals surface area contributed by atoms with Crippen LogP contribution in [0, 0.1) is 13.8 Å². The molecule has 6 rings (SSSR count). The Balaban J connectivity index is 1.48. The van der Waals surface area contributed by atoms with E-state index in [2.05, 4.69) is 31.1 Å². The van der Waals surface area contributed by atoms with Gasteiger partial charge in [0.25, 0.3) is 5.78 Å². The maximum absolute atomic E-state index is 13.7. The van der Waals surface area contributed by atoms with Crippen LogP contribution < -0.4 is 9.64 Å². The lowest BCUT2D eigenvalue weighted by Gasteiger charge is -2.23. The Hall–Kier alpha value is -4.20. The molecule has 2 aromatic carbocycles. The van der Waals surface area contributed by atoms with Crippen molar-refractivity contribution in [2.24, 2.45) is 0 Å². The van der Waals surface area contributed by atoms with Crippen LogP contribution in [-0.4, -0.2) is 48.6 Å². The van der Waals surface area contributed by atoms with E-state index in [4.69, 9.17) is 4.74 Å². The predicted molar refractivity (Wildman–Crippen MR) is 168 cm³/mol. The van der Waals surface area contributed by atoms with Crippen LogP contribution in [0.5, 0.6) is 11.5 Å². The van der Waals surface area contributed by atoms with Gasteiger partial charge in [0.1, 0.15) is 11.3 Å². The number of fused-ring (bicyclic) bond motifs is 1. The van der Waals surface area contributed by atoms with E-state index in [1.54, 1.807) is 35.7 Å². The molecule has 13 heteroatoms. The van der Waals surface area contributed by atoms with Crippen LogP contribution >= 0.6 is 39.0 Å². The number of ether oxygens (including phenoxy) is 1. The van der Waals surface area contributed by atoms with E-state index in [0.29, 0.717) is 27.0 Å². The highest BCUT2D eigenvalue weighted by Gasteiger charge is 2.49. The van der Waals surface area contributed by atoms with Crippen LogP contribution in [0.1, 0.15) is 34.1 Å². The largest absolute Gasteiger partial charge is 0.505 e. The van der Waals surface area contributed by atoms with Gasteiger partial charge in [0.2, 0.25) is 5.13 Å². The maximum Gasteiger partial charge on any atom is 0.301 e. The molecule has 0 radical (unpaired) electrons. The summed E-state index contributed by atoms with van der Waals surface area (Å²) >= 11 is 5.98. The molecule has 0 aliphatic carbocycles. The van der Waals surface area contributed by atoms with Crippen molar-refractivity contribution < 1.29 is 24.5 Å². The first-order chi connectivity index (χ1) is 20.7. The minimum atomic E-state index is -1.11. The van der Waals surface area contributed by atoms with Gasteiger partial charge < -0.3 is 14.9 Å². The summed E-state index contributed by atoms with van der Waals surface area (Å²) in [6, 6.07) is 15.5.